The summed E-state index contributed by atoms with van der Waals surface area (Å²) >= 11 is 0. The first-order valence-electron chi connectivity index (χ1n) is 8.89. The van der Waals surface area contributed by atoms with Crippen LogP contribution in [0.3, 0.4) is 0 Å². The molecule has 2 aromatic heterocycles. The quantitative estimate of drug-likeness (QED) is 0.885. The highest BCUT2D eigenvalue weighted by atomic mass is 19.1. The van der Waals surface area contributed by atoms with E-state index in [1.165, 1.54) is 13.3 Å². The van der Waals surface area contributed by atoms with Crippen LogP contribution in [-0.4, -0.2) is 48.4 Å². The molecule has 142 valence electrons. The summed E-state index contributed by atoms with van der Waals surface area (Å²) in [5.41, 5.74) is 2.20. The van der Waals surface area contributed by atoms with Crippen LogP contribution in [0.15, 0.2) is 24.4 Å². The number of hydrogen-bond donors (Lipinski definition) is 1. The summed E-state index contributed by atoms with van der Waals surface area (Å²) in [6.45, 7) is 3.14. The third-order valence-electron chi connectivity index (χ3n) is 4.91. The highest BCUT2D eigenvalue weighted by Gasteiger charge is 2.33. The van der Waals surface area contributed by atoms with Crippen molar-refractivity contribution in [3.63, 3.8) is 0 Å². The molecule has 1 saturated heterocycles. The van der Waals surface area contributed by atoms with Crippen LogP contribution < -0.4 is 19.7 Å². The summed E-state index contributed by atoms with van der Waals surface area (Å²) in [6.07, 6.45) is 0.376. The third kappa shape index (κ3) is 3.39. The van der Waals surface area contributed by atoms with Gasteiger partial charge >= 0.3 is 0 Å². The molecule has 1 fully saturated rings. The van der Waals surface area contributed by atoms with Crippen molar-refractivity contribution in [2.75, 3.05) is 25.1 Å². The second-order valence-electron chi connectivity index (χ2n) is 6.75. The number of alkyl halides is 1. The SMILES string of the molecule is COc1ccc(OC2CCN(c3nc4c(cc3C)C(=O)NC4)C[C@@H]2F)cn1. The predicted molar refractivity (Wildman–Crippen MR) is 97.1 cm³/mol. The number of carbonyl (C=O) groups is 1. The van der Waals surface area contributed by atoms with Crippen molar-refractivity contribution >= 4 is 11.7 Å². The van der Waals surface area contributed by atoms with Crippen LogP contribution in [0, 0.1) is 6.92 Å². The van der Waals surface area contributed by atoms with Gasteiger partial charge in [-0.2, -0.15) is 0 Å². The second-order valence-corrected chi connectivity index (χ2v) is 6.75. The summed E-state index contributed by atoms with van der Waals surface area (Å²) < 4.78 is 25.6. The molecule has 0 saturated carbocycles. The normalized spacial score (nSPS) is 21.6. The van der Waals surface area contributed by atoms with E-state index in [1.807, 2.05) is 17.9 Å². The highest BCUT2D eigenvalue weighted by molar-refractivity contribution is 5.98. The Morgan fingerprint density at radius 2 is 2.22 bits per heavy atom. The molecule has 0 spiro atoms. The van der Waals surface area contributed by atoms with Crippen molar-refractivity contribution in [3.8, 4) is 11.6 Å². The number of methoxy groups -OCH3 is 1. The number of piperidine rings is 1. The van der Waals surface area contributed by atoms with Crippen molar-refractivity contribution in [1.29, 1.82) is 0 Å². The molecule has 0 aliphatic carbocycles. The van der Waals surface area contributed by atoms with E-state index in [9.17, 15) is 9.18 Å². The number of nitrogens with one attached hydrogen (secondary N) is 1. The van der Waals surface area contributed by atoms with Gasteiger partial charge in [0, 0.05) is 19.0 Å². The van der Waals surface area contributed by atoms with Crippen LogP contribution in [0.2, 0.25) is 0 Å². The maximum atomic E-state index is 14.8. The van der Waals surface area contributed by atoms with Gasteiger partial charge in [-0.05, 0) is 24.6 Å². The Bertz CT molecular complexity index is 859. The Morgan fingerprint density at radius 3 is 2.93 bits per heavy atom. The molecule has 4 heterocycles. The first kappa shape index (κ1) is 17.5. The molecule has 1 N–H and O–H groups in total. The second kappa shape index (κ2) is 7.02. The summed E-state index contributed by atoms with van der Waals surface area (Å²) in [5.74, 6) is 1.64. The van der Waals surface area contributed by atoms with Crippen molar-refractivity contribution in [1.82, 2.24) is 15.3 Å². The largest absolute Gasteiger partial charge is 0.486 e. The predicted octanol–water partition coefficient (Wildman–Crippen LogP) is 2.03. The number of ether oxygens (including phenoxy) is 2. The molecule has 0 bridgehead atoms. The van der Waals surface area contributed by atoms with Crippen molar-refractivity contribution in [2.45, 2.75) is 32.2 Å². The van der Waals surface area contributed by atoms with E-state index in [4.69, 9.17) is 9.47 Å². The van der Waals surface area contributed by atoms with Crippen molar-refractivity contribution in [3.05, 3.63) is 41.2 Å². The fraction of sp³-hybridized carbons (Fsp3) is 0.421. The molecule has 1 amide bonds. The first-order valence-corrected chi connectivity index (χ1v) is 8.89. The third-order valence-corrected chi connectivity index (χ3v) is 4.91. The molecule has 2 aliphatic heterocycles. The van der Waals surface area contributed by atoms with Crippen molar-refractivity contribution < 1.29 is 18.7 Å². The fourth-order valence-electron chi connectivity index (χ4n) is 3.49. The molecular weight excluding hydrogens is 351 g/mol. The van der Waals surface area contributed by atoms with Gasteiger partial charge in [-0.15, -0.1) is 0 Å². The smallest absolute Gasteiger partial charge is 0.253 e. The fourth-order valence-corrected chi connectivity index (χ4v) is 3.49. The first-order chi connectivity index (χ1) is 13.0. The molecule has 4 rings (SSSR count). The summed E-state index contributed by atoms with van der Waals surface area (Å²) in [4.78, 5) is 22.4. The molecule has 27 heavy (non-hydrogen) atoms. The number of hydrogen-bond acceptors (Lipinski definition) is 6. The Labute approximate surface area is 156 Å². The Hall–Kier alpha value is -2.90. The Morgan fingerprint density at radius 1 is 1.37 bits per heavy atom. The number of anilines is 1. The van der Waals surface area contributed by atoms with Gasteiger partial charge in [0.1, 0.15) is 17.7 Å². The minimum absolute atomic E-state index is 0.101. The average molecular weight is 372 g/mol. The Kier molecular flexibility index (Phi) is 4.55. The van der Waals surface area contributed by atoms with Crippen LogP contribution in [0.1, 0.15) is 28.0 Å². The van der Waals surface area contributed by atoms with Gasteiger partial charge in [0.05, 0.1) is 37.7 Å². The van der Waals surface area contributed by atoms with Crippen LogP contribution in [-0.2, 0) is 6.54 Å². The van der Waals surface area contributed by atoms with E-state index in [0.717, 1.165) is 17.1 Å². The van der Waals surface area contributed by atoms with Gasteiger partial charge in [0.25, 0.3) is 5.91 Å². The van der Waals surface area contributed by atoms with E-state index < -0.39 is 12.3 Å². The number of nitrogens with zero attached hydrogens (tertiary/aromatic N) is 3. The average Bonchev–Trinajstić information content (AvgIpc) is 3.03. The van der Waals surface area contributed by atoms with Crippen LogP contribution in [0.5, 0.6) is 11.6 Å². The monoisotopic (exact) mass is 372 g/mol. The summed E-state index contributed by atoms with van der Waals surface area (Å²) in [6, 6.07) is 5.24. The maximum Gasteiger partial charge on any atom is 0.253 e. The lowest BCUT2D eigenvalue weighted by atomic mass is 10.0. The molecule has 2 atom stereocenters. The standard InChI is InChI=1S/C19H21FN4O3/c1-11-7-13-15(9-22-19(13)25)23-18(11)24-6-5-16(14(20)10-24)27-12-3-4-17(26-2)21-8-12/h3-4,7-8,14,16H,5-6,9-10H2,1-2H3,(H,22,25)/t14-,16?/m0/s1. The number of halogens is 1. The summed E-state index contributed by atoms with van der Waals surface area (Å²) in [5, 5.41) is 2.76. The van der Waals surface area contributed by atoms with Gasteiger partial charge in [-0.25, -0.2) is 14.4 Å². The lowest BCUT2D eigenvalue weighted by molar-refractivity contribution is 0.0814. The van der Waals surface area contributed by atoms with E-state index >= 15 is 0 Å². The zero-order chi connectivity index (χ0) is 19.0. The lowest BCUT2D eigenvalue weighted by Crippen LogP contribution is -2.47. The summed E-state index contributed by atoms with van der Waals surface area (Å²) in [7, 11) is 1.54. The van der Waals surface area contributed by atoms with E-state index in [1.54, 1.807) is 12.1 Å². The van der Waals surface area contributed by atoms with Crippen LogP contribution >= 0.6 is 0 Å². The van der Waals surface area contributed by atoms with E-state index in [0.29, 0.717) is 36.7 Å². The molecule has 1 unspecified atom stereocenters. The number of fused-ring (bicyclic) bond motifs is 1. The number of aromatic nitrogens is 2. The topological polar surface area (TPSA) is 76.6 Å². The van der Waals surface area contributed by atoms with E-state index in [-0.39, 0.29) is 12.5 Å². The molecule has 7 nitrogen and oxygen atoms in total. The van der Waals surface area contributed by atoms with Gasteiger partial charge in [0.2, 0.25) is 5.88 Å². The minimum Gasteiger partial charge on any atom is -0.486 e. The van der Waals surface area contributed by atoms with Gasteiger partial charge in [-0.1, -0.05) is 0 Å². The number of rotatable bonds is 4. The van der Waals surface area contributed by atoms with Gasteiger partial charge < -0.3 is 19.7 Å². The minimum atomic E-state index is -1.16. The molecule has 2 aliphatic rings. The number of amides is 1. The van der Waals surface area contributed by atoms with Crippen LogP contribution in [0.4, 0.5) is 10.2 Å². The number of pyridine rings is 2. The van der Waals surface area contributed by atoms with Gasteiger partial charge in [0.15, 0.2) is 6.17 Å². The highest BCUT2D eigenvalue weighted by Crippen LogP contribution is 2.28. The Balaban J connectivity index is 1.45. The van der Waals surface area contributed by atoms with Crippen molar-refractivity contribution in [2.24, 2.45) is 0 Å². The van der Waals surface area contributed by atoms with Gasteiger partial charge in [-0.3, -0.25) is 4.79 Å². The molecule has 0 radical (unpaired) electrons. The number of aryl methyl sites for hydroxylation is 1. The number of carbonyl (C=O) groups excluding carboxylic acids is 1. The van der Waals surface area contributed by atoms with Crippen LogP contribution in [0.25, 0.3) is 0 Å². The zero-order valence-electron chi connectivity index (χ0n) is 15.2. The maximum absolute atomic E-state index is 14.8. The molecule has 2 aromatic rings. The zero-order valence-corrected chi connectivity index (χ0v) is 15.2. The molecule has 8 heteroatoms. The van der Waals surface area contributed by atoms with E-state index in [2.05, 4.69) is 15.3 Å². The lowest BCUT2D eigenvalue weighted by Gasteiger charge is -2.36. The molecule has 0 aromatic carbocycles. The molecular formula is C19H21FN4O3.